The summed E-state index contributed by atoms with van der Waals surface area (Å²) in [6, 6.07) is 33.6. The van der Waals surface area contributed by atoms with Crippen molar-refractivity contribution in [2.45, 2.75) is 17.3 Å². The third-order valence-corrected chi connectivity index (χ3v) is 7.49. The van der Waals surface area contributed by atoms with Gasteiger partial charge in [0.15, 0.2) is 0 Å². The van der Waals surface area contributed by atoms with E-state index in [9.17, 15) is 10.2 Å². The fourth-order valence-electron chi connectivity index (χ4n) is 6.18. The van der Waals surface area contributed by atoms with E-state index in [2.05, 4.69) is 97.1 Å². The maximum Gasteiger partial charge on any atom is 0.0569 e. The van der Waals surface area contributed by atoms with Crippen molar-refractivity contribution in [3.05, 3.63) is 119 Å². The zero-order chi connectivity index (χ0) is 21.1. The average Bonchev–Trinajstić information content (AvgIpc) is 3.28. The number of aliphatic hydroxyl groups is 2. The second-order valence-electron chi connectivity index (χ2n) is 8.84. The maximum absolute atomic E-state index is 11.0. The van der Waals surface area contributed by atoms with Crippen LogP contribution in [0.4, 0.5) is 0 Å². The minimum atomic E-state index is -0.583. The molecule has 0 unspecified atom stereocenters. The summed E-state index contributed by atoms with van der Waals surface area (Å²) >= 11 is 0. The molecule has 2 aliphatic carbocycles. The van der Waals surface area contributed by atoms with E-state index in [1.807, 2.05) is 0 Å². The minimum Gasteiger partial charge on any atom is -0.395 e. The van der Waals surface area contributed by atoms with Gasteiger partial charge in [-0.15, -0.1) is 0 Å². The summed E-state index contributed by atoms with van der Waals surface area (Å²) in [5, 5.41) is 22.0. The largest absolute Gasteiger partial charge is 0.395 e. The van der Waals surface area contributed by atoms with Crippen LogP contribution in [0.15, 0.2) is 97.1 Å². The number of hydrogen-bond donors (Lipinski definition) is 2. The Morgan fingerprint density at radius 2 is 0.677 bits per heavy atom. The quantitative estimate of drug-likeness (QED) is 0.485. The van der Waals surface area contributed by atoms with Crippen molar-refractivity contribution >= 4 is 0 Å². The summed E-state index contributed by atoms with van der Waals surface area (Å²) in [6.07, 6.45) is 0.606. The van der Waals surface area contributed by atoms with Crippen LogP contribution in [0.1, 0.15) is 28.7 Å². The zero-order valence-electron chi connectivity index (χ0n) is 17.3. The summed E-state index contributed by atoms with van der Waals surface area (Å²) in [6.45, 7) is -0.0137. The van der Waals surface area contributed by atoms with Crippen molar-refractivity contribution in [1.29, 1.82) is 0 Å². The van der Waals surface area contributed by atoms with Crippen molar-refractivity contribution in [3.8, 4) is 22.3 Å². The standard InChI is InChI=1S/C29H24O2/c30-18-28(24-13-5-1-9-20(24)21-10-2-6-14-25(21)28)17-29(19-31)26-15-7-3-11-22(26)23-12-4-8-16-27(23)29/h1-16,30-31H,17-19H2. The van der Waals surface area contributed by atoms with Crippen LogP contribution in [-0.4, -0.2) is 23.4 Å². The molecule has 4 aromatic rings. The molecule has 0 fully saturated rings. The second kappa shape index (κ2) is 6.65. The Labute approximate surface area is 182 Å². The number of hydrogen-bond acceptors (Lipinski definition) is 2. The Kier molecular flexibility index (Phi) is 3.98. The zero-order valence-corrected chi connectivity index (χ0v) is 17.3. The summed E-state index contributed by atoms with van der Waals surface area (Å²) in [5.74, 6) is 0. The highest BCUT2D eigenvalue weighted by Gasteiger charge is 2.52. The van der Waals surface area contributed by atoms with E-state index in [0.29, 0.717) is 6.42 Å². The Bertz CT molecular complexity index is 1110. The summed E-state index contributed by atoms with van der Waals surface area (Å²) < 4.78 is 0. The van der Waals surface area contributed by atoms with E-state index in [4.69, 9.17) is 0 Å². The maximum atomic E-state index is 11.0. The molecule has 0 saturated carbocycles. The van der Waals surface area contributed by atoms with Gasteiger partial charge in [-0.1, -0.05) is 97.1 Å². The molecule has 4 aromatic carbocycles. The fraction of sp³-hybridized carbons (Fsp3) is 0.172. The van der Waals surface area contributed by atoms with Gasteiger partial charge in [-0.3, -0.25) is 0 Å². The predicted octanol–water partition coefficient (Wildman–Crippen LogP) is 5.29. The predicted molar refractivity (Wildman–Crippen MR) is 124 cm³/mol. The molecule has 0 aliphatic heterocycles. The molecule has 2 nitrogen and oxygen atoms in total. The van der Waals surface area contributed by atoms with E-state index in [-0.39, 0.29) is 13.2 Å². The first-order valence-corrected chi connectivity index (χ1v) is 10.9. The average molecular weight is 405 g/mol. The number of fused-ring (bicyclic) bond motifs is 6. The Balaban J connectivity index is 1.64. The molecule has 0 spiro atoms. The van der Waals surface area contributed by atoms with Crippen molar-refractivity contribution in [2.24, 2.45) is 0 Å². The lowest BCUT2D eigenvalue weighted by atomic mass is 9.63. The van der Waals surface area contributed by atoms with E-state index >= 15 is 0 Å². The molecular weight excluding hydrogens is 380 g/mol. The molecule has 2 aliphatic rings. The van der Waals surface area contributed by atoms with Gasteiger partial charge in [-0.2, -0.15) is 0 Å². The highest BCUT2D eigenvalue weighted by Crippen LogP contribution is 2.59. The number of benzene rings is 4. The van der Waals surface area contributed by atoms with Gasteiger partial charge < -0.3 is 10.2 Å². The van der Waals surface area contributed by atoms with Crippen LogP contribution in [0.3, 0.4) is 0 Å². The monoisotopic (exact) mass is 404 g/mol. The van der Waals surface area contributed by atoms with Gasteiger partial charge in [0, 0.05) is 10.8 Å². The number of rotatable bonds is 4. The number of aliphatic hydroxyl groups excluding tert-OH is 2. The molecule has 0 heterocycles. The molecule has 6 rings (SSSR count). The van der Waals surface area contributed by atoms with Gasteiger partial charge in [0.05, 0.1) is 13.2 Å². The van der Waals surface area contributed by atoms with Gasteiger partial charge in [0.1, 0.15) is 0 Å². The van der Waals surface area contributed by atoms with E-state index < -0.39 is 10.8 Å². The first-order valence-electron chi connectivity index (χ1n) is 10.9. The first kappa shape index (κ1) is 18.6. The summed E-state index contributed by atoms with van der Waals surface area (Å²) in [5.41, 5.74) is 8.14. The lowest BCUT2D eigenvalue weighted by Crippen LogP contribution is -2.42. The molecule has 31 heavy (non-hydrogen) atoms. The topological polar surface area (TPSA) is 40.5 Å². The molecule has 0 radical (unpaired) electrons. The Morgan fingerprint density at radius 3 is 0.935 bits per heavy atom. The van der Waals surface area contributed by atoms with Crippen LogP contribution in [-0.2, 0) is 10.8 Å². The smallest absolute Gasteiger partial charge is 0.0569 e. The van der Waals surface area contributed by atoms with Gasteiger partial charge in [0.25, 0.3) is 0 Å². The second-order valence-corrected chi connectivity index (χ2v) is 8.84. The molecule has 2 heteroatoms. The van der Waals surface area contributed by atoms with Crippen LogP contribution in [0.25, 0.3) is 22.3 Å². The van der Waals surface area contributed by atoms with Gasteiger partial charge >= 0.3 is 0 Å². The van der Waals surface area contributed by atoms with Crippen molar-refractivity contribution in [3.63, 3.8) is 0 Å². The molecule has 0 amide bonds. The first-order chi connectivity index (χ1) is 15.2. The summed E-state index contributed by atoms with van der Waals surface area (Å²) in [4.78, 5) is 0. The molecule has 2 N–H and O–H groups in total. The molecule has 0 bridgehead atoms. The SMILES string of the molecule is OCC1(CC2(CO)c3ccccc3-c3ccccc32)c2ccccc2-c2ccccc21. The molecule has 0 saturated heterocycles. The van der Waals surface area contributed by atoms with E-state index in [0.717, 1.165) is 22.3 Å². The summed E-state index contributed by atoms with van der Waals surface area (Å²) in [7, 11) is 0. The van der Waals surface area contributed by atoms with Crippen LogP contribution in [0, 0.1) is 0 Å². The van der Waals surface area contributed by atoms with Crippen molar-refractivity contribution in [1.82, 2.24) is 0 Å². The van der Waals surface area contributed by atoms with Crippen LogP contribution in [0.5, 0.6) is 0 Å². The third kappa shape index (κ3) is 2.29. The minimum absolute atomic E-state index is 0.00683. The highest BCUT2D eigenvalue weighted by molar-refractivity contribution is 5.84. The van der Waals surface area contributed by atoms with Crippen LogP contribution >= 0.6 is 0 Å². The lowest BCUT2D eigenvalue weighted by Gasteiger charge is -2.40. The van der Waals surface area contributed by atoms with Gasteiger partial charge in [0.2, 0.25) is 0 Å². The Hall–Kier alpha value is -3.20. The normalized spacial score (nSPS) is 16.3. The molecule has 152 valence electrons. The third-order valence-electron chi connectivity index (χ3n) is 7.49. The van der Waals surface area contributed by atoms with Crippen LogP contribution < -0.4 is 0 Å². The highest BCUT2D eigenvalue weighted by atomic mass is 16.3. The lowest BCUT2D eigenvalue weighted by molar-refractivity contribution is 0.154. The molecule has 0 atom stereocenters. The fourth-order valence-corrected chi connectivity index (χ4v) is 6.18. The molecule has 0 aromatic heterocycles. The van der Waals surface area contributed by atoms with Gasteiger partial charge in [-0.05, 0) is 50.9 Å². The van der Waals surface area contributed by atoms with E-state index in [1.54, 1.807) is 0 Å². The van der Waals surface area contributed by atoms with E-state index in [1.165, 1.54) is 22.3 Å². The Morgan fingerprint density at radius 1 is 0.419 bits per heavy atom. The van der Waals surface area contributed by atoms with Crippen LogP contribution in [0.2, 0.25) is 0 Å². The van der Waals surface area contributed by atoms with Crippen molar-refractivity contribution < 1.29 is 10.2 Å². The van der Waals surface area contributed by atoms with Crippen molar-refractivity contribution in [2.75, 3.05) is 13.2 Å². The molecular formula is C29H24O2. The van der Waals surface area contributed by atoms with Gasteiger partial charge in [-0.25, -0.2) is 0 Å².